The van der Waals surface area contributed by atoms with Crippen LogP contribution < -0.4 is 10.4 Å². The van der Waals surface area contributed by atoms with Crippen molar-refractivity contribution in [3.63, 3.8) is 0 Å². The van der Waals surface area contributed by atoms with E-state index in [4.69, 9.17) is 15.0 Å². The Morgan fingerprint density at radius 3 is 1.67 bits per heavy atom. The average molecular weight is 742 g/mol. The zero-order chi connectivity index (χ0) is 38.7. The summed E-state index contributed by atoms with van der Waals surface area (Å²) in [5, 5.41) is 6.79. The fourth-order valence-electron chi connectivity index (χ4n) is 8.50. The molecule has 58 heavy (non-hydrogen) atoms. The molecule has 0 bridgehead atoms. The summed E-state index contributed by atoms with van der Waals surface area (Å²) in [6, 6.07) is 61.7. The molecule has 7 aromatic carbocycles. The topological polar surface area (TPSA) is 48.0 Å². The lowest BCUT2D eigenvalue weighted by atomic mass is 10.0. The molecular weight excluding hydrogens is 707 g/mol. The molecule has 0 fully saturated rings. The summed E-state index contributed by atoms with van der Waals surface area (Å²) in [5.41, 5.74) is 11.8. The van der Waals surface area contributed by atoms with Crippen molar-refractivity contribution in [1.29, 1.82) is 0 Å². The first kappa shape index (κ1) is 33.4. The van der Waals surface area contributed by atoms with Crippen molar-refractivity contribution in [3.05, 3.63) is 199 Å². The summed E-state index contributed by atoms with van der Waals surface area (Å²) in [5.74, 6) is 1.92. The minimum atomic E-state index is 0.634. The van der Waals surface area contributed by atoms with Gasteiger partial charge in [0, 0.05) is 43.9 Å². The van der Waals surface area contributed by atoms with E-state index < -0.39 is 0 Å². The van der Waals surface area contributed by atoms with Crippen LogP contribution in [0.5, 0.6) is 0 Å². The minimum absolute atomic E-state index is 0.634. The zero-order valence-corrected chi connectivity index (χ0v) is 31.5. The van der Waals surface area contributed by atoms with Gasteiger partial charge in [-0.15, -0.1) is 0 Å². The van der Waals surface area contributed by atoms with Crippen LogP contribution in [0.15, 0.2) is 189 Å². The van der Waals surface area contributed by atoms with Crippen molar-refractivity contribution in [3.8, 4) is 51.0 Å². The molecule has 0 N–H and O–H groups in total. The normalized spacial score (nSPS) is 12.0. The number of para-hydroxylation sites is 2. The van der Waals surface area contributed by atoms with Crippen LogP contribution in [0.2, 0.25) is 0 Å². The molecule has 0 radical (unpaired) electrons. The van der Waals surface area contributed by atoms with Crippen molar-refractivity contribution in [2.75, 3.05) is 0 Å². The first-order chi connectivity index (χ1) is 28.6. The molecule has 0 saturated heterocycles. The molecule has 0 spiro atoms. The van der Waals surface area contributed by atoms with Crippen molar-refractivity contribution in [1.82, 2.24) is 23.9 Å². The number of nitrogens with zero attached hydrogens (tertiary/aromatic N) is 5. The molecule has 0 aliphatic rings. The second-order valence-corrected chi connectivity index (χ2v) is 14.6. The van der Waals surface area contributed by atoms with Gasteiger partial charge in [-0.05, 0) is 64.0 Å². The van der Waals surface area contributed by atoms with Gasteiger partial charge in [0.15, 0.2) is 17.5 Å². The highest BCUT2D eigenvalue weighted by molar-refractivity contribution is 6.14. The summed E-state index contributed by atoms with van der Waals surface area (Å²) in [4.78, 5) is 14.7. The Bertz CT molecular complexity index is 3470. The quantitative estimate of drug-likeness (QED) is 0.170. The number of benzene rings is 7. The summed E-state index contributed by atoms with van der Waals surface area (Å²) in [7, 11) is 0. The van der Waals surface area contributed by atoms with Crippen LogP contribution in [0.4, 0.5) is 0 Å². The van der Waals surface area contributed by atoms with Crippen LogP contribution >= 0.6 is 0 Å². The van der Waals surface area contributed by atoms with Gasteiger partial charge in [0.05, 0.1) is 27.6 Å². The van der Waals surface area contributed by atoms with E-state index in [1.54, 1.807) is 0 Å². The van der Waals surface area contributed by atoms with E-state index in [1.807, 2.05) is 66.7 Å². The first-order valence-corrected chi connectivity index (χ1v) is 19.4. The molecule has 0 saturated carbocycles. The molecule has 0 atom stereocenters. The van der Waals surface area contributed by atoms with E-state index in [2.05, 4.69) is 143 Å². The highest BCUT2D eigenvalue weighted by Crippen LogP contribution is 2.36. The van der Waals surface area contributed by atoms with Crippen LogP contribution in [0.25, 0.3) is 113 Å². The van der Waals surface area contributed by atoms with Gasteiger partial charge in [-0.2, -0.15) is 0 Å². The van der Waals surface area contributed by atoms with Gasteiger partial charge in [0.2, 0.25) is 0 Å². The Balaban J connectivity index is 1.06. The van der Waals surface area contributed by atoms with E-state index >= 15 is 0 Å². The van der Waals surface area contributed by atoms with E-state index in [0.717, 1.165) is 71.4 Å². The monoisotopic (exact) mass is 741 g/mol. The Hall–Kier alpha value is -7.89. The van der Waals surface area contributed by atoms with Gasteiger partial charge in [-0.3, -0.25) is 0 Å². The van der Waals surface area contributed by atoms with Gasteiger partial charge in [-0.1, -0.05) is 159 Å². The lowest BCUT2D eigenvalue weighted by Crippen LogP contribution is -2.26. The smallest absolute Gasteiger partial charge is 0.164 e. The number of fused-ring (bicyclic) bond motifs is 8. The third-order valence-corrected chi connectivity index (χ3v) is 11.2. The van der Waals surface area contributed by atoms with Gasteiger partial charge in [0.25, 0.3) is 0 Å². The highest BCUT2D eigenvalue weighted by atomic mass is 15.0. The molecule has 0 aliphatic carbocycles. The van der Waals surface area contributed by atoms with Crippen LogP contribution in [0.3, 0.4) is 0 Å². The van der Waals surface area contributed by atoms with Crippen LogP contribution in [0, 0.1) is 0 Å². The van der Waals surface area contributed by atoms with Crippen LogP contribution in [-0.4, -0.2) is 23.9 Å². The fraction of sp³-hybridized carbons (Fsp3) is 0. The largest absolute Gasteiger partial charge is 0.309 e. The third kappa shape index (κ3) is 5.36. The maximum atomic E-state index is 4.94. The minimum Gasteiger partial charge on any atom is -0.309 e. The SMILES string of the molecule is C=C/C=c1\c(=C)c2cc3ccccc3n2c2cc3c4ccccc4n(-c4cccc(-c5ccc(-c6nc(-c7ccccc7)nc(-c7ccccc7)n6)cc5)c4)c3cc12. The summed E-state index contributed by atoms with van der Waals surface area (Å²) >= 11 is 0. The fourth-order valence-corrected chi connectivity index (χ4v) is 8.50. The number of pyridine rings is 1. The maximum Gasteiger partial charge on any atom is 0.164 e. The molecule has 11 aromatic rings. The number of hydrogen-bond acceptors (Lipinski definition) is 3. The predicted octanol–water partition coefficient (Wildman–Crippen LogP) is 11.6. The van der Waals surface area contributed by atoms with Crippen molar-refractivity contribution < 1.29 is 0 Å². The molecule has 4 heterocycles. The Morgan fingerprint density at radius 1 is 0.414 bits per heavy atom. The second-order valence-electron chi connectivity index (χ2n) is 14.6. The lowest BCUT2D eigenvalue weighted by molar-refractivity contribution is 1.07. The number of allylic oxidation sites excluding steroid dienone is 1. The van der Waals surface area contributed by atoms with Gasteiger partial charge >= 0.3 is 0 Å². The van der Waals surface area contributed by atoms with Gasteiger partial charge < -0.3 is 8.97 Å². The average Bonchev–Trinajstić information content (AvgIpc) is 3.84. The number of hydrogen-bond donors (Lipinski definition) is 0. The van der Waals surface area contributed by atoms with Crippen molar-refractivity contribution >= 4 is 61.8 Å². The first-order valence-electron chi connectivity index (χ1n) is 19.4. The maximum absolute atomic E-state index is 4.94. The molecule has 5 nitrogen and oxygen atoms in total. The van der Waals surface area contributed by atoms with E-state index in [-0.39, 0.29) is 0 Å². The molecule has 4 aromatic heterocycles. The lowest BCUT2D eigenvalue weighted by Gasteiger charge is -2.12. The summed E-state index contributed by atoms with van der Waals surface area (Å²) < 4.78 is 4.76. The third-order valence-electron chi connectivity index (χ3n) is 11.2. The van der Waals surface area contributed by atoms with Crippen LogP contribution in [-0.2, 0) is 0 Å². The molecule has 272 valence electrons. The van der Waals surface area contributed by atoms with Gasteiger partial charge in [-0.25, -0.2) is 15.0 Å². The summed E-state index contributed by atoms with van der Waals surface area (Å²) in [6.45, 7) is 8.68. The molecule has 0 unspecified atom stereocenters. The number of rotatable bonds is 6. The van der Waals surface area contributed by atoms with Crippen molar-refractivity contribution in [2.24, 2.45) is 0 Å². The van der Waals surface area contributed by atoms with Crippen molar-refractivity contribution in [2.45, 2.75) is 0 Å². The Labute approximate surface area is 334 Å². The standard InChI is InChI=1S/C53H35N5/c1-3-15-42-34(2)48-31-40-20-10-12-24-46(40)58(48)50-33-45-43-23-11-13-25-47(43)57(49(45)32-44(42)50)41-22-14-21-39(30-41)35-26-28-38(29-27-35)53-55-51(36-16-6-4-7-17-36)54-52(56-53)37-18-8-5-9-19-37/h3-33H,1-2H2/b42-15+. The Morgan fingerprint density at radius 2 is 0.983 bits per heavy atom. The predicted molar refractivity (Wildman–Crippen MR) is 241 cm³/mol. The molecule has 0 amide bonds. The van der Waals surface area contributed by atoms with E-state index in [1.165, 1.54) is 21.7 Å². The molecule has 0 aliphatic heterocycles. The Kier molecular flexibility index (Phi) is 7.73. The number of aromatic nitrogens is 5. The van der Waals surface area contributed by atoms with Crippen LogP contribution in [0.1, 0.15) is 0 Å². The zero-order valence-electron chi connectivity index (χ0n) is 31.5. The molecular formula is C53H35N5. The van der Waals surface area contributed by atoms with Gasteiger partial charge in [0.1, 0.15) is 0 Å². The molecule has 5 heteroatoms. The summed E-state index contributed by atoms with van der Waals surface area (Å²) in [6.07, 6.45) is 3.95. The second kappa shape index (κ2) is 13.4. The van der Waals surface area contributed by atoms with E-state index in [9.17, 15) is 0 Å². The molecule has 11 rings (SSSR count). The highest BCUT2D eigenvalue weighted by Gasteiger charge is 2.18. The van der Waals surface area contributed by atoms with E-state index in [0.29, 0.717) is 17.5 Å².